The zero-order chi connectivity index (χ0) is 18.2. The second-order valence-corrected chi connectivity index (χ2v) is 7.74. The molecule has 0 spiro atoms. The summed E-state index contributed by atoms with van der Waals surface area (Å²) >= 11 is 0. The molecule has 1 aliphatic rings. The molecule has 4 nitrogen and oxygen atoms in total. The van der Waals surface area contributed by atoms with Crippen molar-refractivity contribution >= 4 is 17.6 Å². The van der Waals surface area contributed by atoms with E-state index in [1.807, 2.05) is 36.4 Å². The van der Waals surface area contributed by atoms with Gasteiger partial charge in [-0.1, -0.05) is 51.1 Å². The van der Waals surface area contributed by atoms with Crippen molar-refractivity contribution in [3.63, 3.8) is 0 Å². The quantitative estimate of drug-likeness (QED) is 0.840. The first-order chi connectivity index (χ1) is 11.7. The fourth-order valence-corrected chi connectivity index (χ4v) is 2.98. The maximum atomic E-state index is 12.7. The average molecular weight is 337 g/mol. The van der Waals surface area contributed by atoms with Crippen LogP contribution >= 0.6 is 0 Å². The van der Waals surface area contributed by atoms with Gasteiger partial charge in [-0.2, -0.15) is 0 Å². The Balaban J connectivity index is 1.78. The van der Waals surface area contributed by atoms with Crippen molar-refractivity contribution in [3.8, 4) is 0 Å². The summed E-state index contributed by atoms with van der Waals surface area (Å²) in [5, 5.41) is 2.87. The number of anilines is 1. The highest BCUT2D eigenvalue weighted by Gasteiger charge is 2.42. The summed E-state index contributed by atoms with van der Waals surface area (Å²) in [5.74, 6) is -0.776. The molecule has 0 saturated heterocycles. The summed E-state index contributed by atoms with van der Waals surface area (Å²) < 4.78 is 5.46. The van der Waals surface area contributed by atoms with E-state index in [-0.39, 0.29) is 11.3 Å². The van der Waals surface area contributed by atoms with Crippen LogP contribution in [-0.4, -0.2) is 17.5 Å². The number of ether oxygens (including phenoxy) is 1. The largest absolute Gasteiger partial charge is 0.445 e. The number of cyclic esters (lactones) is 1. The molecule has 2 aromatic rings. The number of carbonyl (C=O) groups is 2. The van der Waals surface area contributed by atoms with Crippen LogP contribution in [0, 0.1) is 0 Å². The topological polar surface area (TPSA) is 55.4 Å². The highest BCUT2D eigenvalue weighted by Crippen LogP contribution is 2.30. The molecule has 0 bridgehead atoms. The molecular formula is C21H23NO3. The van der Waals surface area contributed by atoms with Gasteiger partial charge in [0, 0.05) is 12.1 Å². The summed E-state index contributed by atoms with van der Waals surface area (Å²) in [6, 6.07) is 15.0. The summed E-state index contributed by atoms with van der Waals surface area (Å²) in [6.45, 7) is 8.07. The number of hydrogen-bond acceptors (Lipinski definition) is 3. The lowest BCUT2D eigenvalue weighted by Crippen LogP contribution is -2.48. The molecule has 1 amide bonds. The van der Waals surface area contributed by atoms with E-state index in [0.29, 0.717) is 17.7 Å². The number of benzene rings is 2. The van der Waals surface area contributed by atoms with Crippen molar-refractivity contribution in [2.75, 3.05) is 5.32 Å². The lowest BCUT2D eigenvalue weighted by atomic mass is 9.87. The van der Waals surface area contributed by atoms with E-state index in [0.717, 1.165) is 5.56 Å². The van der Waals surface area contributed by atoms with Gasteiger partial charge in [-0.05, 0) is 41.7 Å². The maximum absolute atomic E-state index is 12.7. The van der Waals surface area contributed by atoms with Gasteiger partial charge in [-0.25, -0.2) is 4.79 Å². The number of hydrogen-bond donors (Lipinski definition) is 1. The molecular weight excluding hydrogens is 314 g/mol. The van der Waals surface area contributed by atoms with E-state index in [9.17, 15) is 9.59 Å². The monoisotopic (exact) mass is 337 g/mol. The zero-order valence-electron chi connectivity index (χ0n) is 15.1. The summed E-state index contributed by atoms with van der Waals surface area (Å²) in [6.07, 6.45) is 0.362. The van der Waals surface area contributed by atoms with E-state index >= 15 is 0 Å². The third-order valence-corrected chi connectivity index (χ3v) is 4.57. The van der Waals surface area contributed by atoms with Crippen molar-refractivity contribution in [2.24, 2.45) is 0 Å². The zero-order valence-corrected chi connectivity index (χ0v) is 15.1. The van der Waals surface area contributed by atoms with Crippen LogP contribution in [0.3, 0.4) is 0 Å². The van der Waals surface area contributed by atoms with Gasteiger partial charge in [0.25, 0.3) is 5.91 Å². The predicted octanol–water partition coefficient (Wildman–Crippen LogP) is 4.09. The molecule has 25 heavy (non-hydrogen) atoms. The normalized spacial score (nSPS) is 19.8. The van der Waals surface area contributed by atoms with Gasteiger partial charge in [0.05, 0.1) is 5.56 Å². The molecule has 4 heteroatoms. The average Bonchev–Trinajstić information content (AvgIpc) is 2.54. The molecule has 2 aromatic carbocycles. The summed E-state index contributed by atoms with van der Waals surface area (Å²) in [7, 11) is 0. The first-order valence-corrected chi connectivity index (χ1v) is 8.42. The second-order valence-electron chi connectivity index (χ2n) is 7.74. The third-order valence-electron chi connectivity index (χ3n) is 4.57. The molecule has 0 saturated carbocycles. The van der Waals surface area contributed by atoms with Crippen LogP contribution < -0.4 is 5.32 Å². The number of fused-ring (bicyclic) bond motifs is 1. The van der Waals surface area contributed by atoms with Gasteiger partial charge in [0.1, 0.15) is 0 Å². The Morgan fingerprint density at radius 1 is 1.08 bits per heavy atom. The van der Waals surface area contributed by atoms with Crippen LogP contribution in [0.25, 0.3) is 0 Å². The molecule has 1 unspecified atom stereocenters. The Hall–Kier alpha value is -2.62. The van der Waals surface area contributed by atoms with E-state index in [4.69, 9.17) is 4.74 Å². The lowest BCUT2D eigenvalue weighted by Gasteiger charge is -2.33. The fraction of sp³-hybridized carbons (Fsp3) is 0.333. The van der Waals surface area contributed by atoms with Gasteiger partial charge >= 0.3 is 5.97 Å². The number of carbonyl (C=O) groups excluding carboxylic acids is 2. The minimum absolute atomic E-state index is 0.0527. The SMILES string of the molecule is CC1(C(=O)Nc2ccc(C(C)(C)C)cc2)Cc2ccccc2C(=O)O1. The summed E-state index contributed by atoms with van der Waals surface area (Å²) in [4.78, 5) is 24.9. The molecule has 0 fully saturated rings. The van der Waals surface area contributed by atoms with Crippen molar-refractivity contribution < 1.29 is 14.3 Å². The highest BCUT2D eigenvalue weighted by molar-refractivity contribution is 6.02. The first-order valence-electron chi connectivity index (χ1n) is 8.42. The number of esters is 1. The van der Waals surface area contributed by atoms with Gasteiger partial charge in [0.15, 0.2) is 5.60 Å². The minimum Gasteiger partial charge on any atom is -0.445 e. The van der Waals surface area contributed by atoms with Gasteiger partial charge in [-0.3, -0.25) is 4.79 Å². The fourth-order valence-electron chi connectivity index (χ4n) is 2.98. The second kappa shape index (κ2) is 6.03. The Morgan fingerprint density at radius 3 is 2.36 bits per heavy atom. The number of nitrogens with one attached hydrogen (secondary N) is 1. The molecule has 130 valence electrons. The standard InChI is InChI=1S/C21H23NO3/c1-20(2,3)15-9-11-16(12-10-15)22-19(24)21(4)13-14-7-5-6-8-17(14)18(23)25-21/h5-12H,13H2,1-4H3,(H,22,24). The lowest BCUT2D eigenvalue weighted by molar-refractivity contribution is -0.134. The summed E-state index contributed by atoms with van der Waals surface area (Å²) in [5.41, 5.74) is 2.08. The van der Waals surface area contributed by atoms with Gasteiger partial charge in [0.2, 0.25) is 0 Å². The van der Waals surface area contributed by atoms with Crippen LogP contribution in [0.1, 0.15) is 49.2 Å². The van der Waals surface area contributed by atoms with E-state index < -0.39 is 11.6 Å². The maximum Gasteiger partial charge on any atom is 0.339 e. The van der Waals surface area contributed by atoms with E-state index in [1.165, 1.54) is 5.56 Å². The van der Waals surface area contributed by atoms with E-state index in [1.54, 1.807) is 19.1 Å². The van der Waals surface area contributed by atoms with Crippen LogP contribution in [0.5, 0.6) is 0 Å². The predicted molar refractivity (Wildman–Crippen MR) is 97.7 cm³/mol. The smallest absolute Gasteiger partial charge is 0.339 e. The van der Waals surface area contributed by atoms with E-state index in [2.05, 4.69) is 26.1 Å². The van der Waals surface area contributed by atoms with Crippen LogP contribution in [-0.2, 0) is 21.4 Å². The molecule has 0 aromatic heterocycles. The van der Waals surface area contributed by atoms with Crippen molar-refractivity contribution in [2.45, 2.75) is 45.1 Å². The first kappa shape index (κ1) is 17.2. The van der Waals surface area contributed by atoms with Crippen LogP contribution in [0.4, 0.5) is 5.69 Å². The molecule has 1 aliphatic heterocycles. The van der Waals surface area contributed by atoms with Crippen molar-refractivity contribution in [3.05, 3.63) is 65.2 Å². The Labute approximate surface area is 148 Å². The molecule has 0 aliphatic carbocycles. The molecule has 0 radical (unpaired) electrons. The molecule has 1 N–H and O–H groups in total. The van der Waals surface area contributed by atoms with Crippen molar-refractivity contribution in [1.29, 1.82) is 0 Å². The van der Waals surface area contributed by atoms with Crippen LogP contribution in [0.15, 0.2) is 48.5 Å². The van der Waals surface area contributed by atoms with Crippen molar-refractivity contribution in [1.82, 2.24) is 0 Å². The van der Waals surface area contributed by atoms with Crippen LogP contribution in [0.2, 0.25) is 0 Å². The third kappa shape index (κ3) is 3.43. The van der Waals surface area contributed by atoms with Gasteiger partial charge < -0.3 is 10.1 Å². The Morgan fingerprint density at radius 2 is 1.72 bits per heavy atom. The number of amides is 1. The number of rotatable bonds is 2. The Kier molecular flexibility index (Phi) is 4.15. The molecule has 1 atom stereocenters. The molecule has 1 heterocycles. The minimum atomic E-state index is -1.21. The Bertz CT molecular complexity index is 818. The highest BCUT2D eigenvalue weighted by atomic mass is 16.6. The van der Waals surface area contributed by atoms with Gasteiger partial charge in [-0.15, -0.1) is 0 Å². The molecule has 3 rings (SSSR count).